The van der Waals surface area contributed by atoms with Crippen molar-refractivity contribution in [2.75, 3.05) is 0 Å². The lowest BCUT2D eigenvalue weighted by atomic mass is 10.0. The van der Waals surface area contributed by atoms with E-state index in [1.54, 1.807) is 0 Å². The van der Waals surface area contributed by atoms with Crippen molar-refractivity contribution in [3.05, 3.63) is 0 Å². The Morgan fingerprint density at radius 2 is 0.700 bits per heavy atom. The molecule has 0 aromatic heterocycles. The van der Waals surface area contributed by atoms with Gasteiger partial charge in [-0.15, -0.1) is 0 Å². The van der Waals surface area contributed by atoms with E-state index in [4.69, 9.17) is 4.79 Å². The number of hydrogen-bond donors (Lipinski definition) is 2. The number of nitrogens with two attached hydrogens (primary N) is 2. The summed E-state index contributed by atoms with van der Waals surface area (Å²) in [4.78, 5) is 9.00. The molecule has 0 aliphatic carbocycles. The van der Waals surface area contributed by atoms with Gasteiger partial charge in [-0.3, -0.25) is 0 Å². The van der Waals surface area contributed by atoms with E-state index in [0.717, 1.165) is 0 Å². The number of urea groups is 1. The minimum absolute atomic E-state index is 0.833. The Bertz CT molecular complexity index is 166. The van der Waals surface area contributed by atoms with Gasteiger partial charge in [0.05, 0.1) is 0 Å². The van der Waals surface area contributed by atoms with E-state index in [1.807, 2.05) is 0 Å². The lowest BCUT2D eigenvalue weighted by Gasteiger charge is -2.02. The Morgan fingerprint density at radius 1 is 0.550 bits per heavy atom. The fraction of sp³-hybridized carbons (Fsp3) is 0.941. The van der Waals surface area contributed by atoms with E-state index in [1.165, 1.54) is 89.9 Å². The first kappa shape index (κ1) is 21.6. The molecular formula is C17H38N2O. The molecule has 0 aliphatic heterocycles. The fourth-order valence-corrected chi connectivity index (χ4v) is 2.27. The minimum Gasteiger partial charge on any atom is -0.352 e. The maximum atomic E-state index is 9.00. The second kappa shape index (κ2) is 20.6. The van der Waals surface area contributed by atoms with E-state index in [9.17, 15) is 0 Å². The summed E-state index contributed by atoms with van der Waals surface area (Å²) < 4.78 is 0. The van der Waals surface area contributed by atoms with Crippen LogP contribution in [0.15, 0.2) is 0 Å². The average molecular weight is 287 g/mol. The first-order chi connectivity index (χ1) is 9.65. The van der Waals surface area contributed by atoms with Gasteiger partial charge < -0.3 is 11.5 Å². The average Bonchev–Trinajstić information content (AvgIpc) is 2.39. The first-order valence-corrected chi connectivity index (χ1v) is 8.70. The van der Waals surface area contributed by atoms with Crippen LogP contribution in [0.2, 0.25) is 0 Å². The summed E-state index contributed by atoms with van der Waals surface area (Å²) in [5.74, 6) is 0. The van der Waals surface area contributed by atoms with E-state index >= 15 is 0 Å². The Morgan fingerprint density at radius 3 is 0.850 bits per heavy atom. The van der Waals surface area contributed by atoms with Crippen molar-refractivity contribution in [1.29, 1.82) is 0 Å². The van der Waals surface area contributed by atoms with Crippen LogP contribution in [0.3, 0.4) is 0 Å². The van der Waals surface area contributed by atoms with Gasteiger partial charge in [-0.1, -0.05) is 104 Å². The molecule has 3 heteroatoms. The zero-order valence-corrected chi connectivity index (χ0v) is 14.0. The third-order valence-corrected chi connectivity index (χ3v) is 3.46. The molecule has 0 rings (SSSR count). The van der Waals surface area contributed by atoms with Crippen LogP contribution in [0.4, 0.5) is 4.79 Å². The van der Waals surface area contributed by atoms with Crippen molar-refractivity contribution in [3.8, 4) is 0 Å². The molecule has 0 aliphatic rings. The monoisotopic (exact) mass is 286 g/mol. The molecule has 0 aromatic carbocycles. The van der Waals surface area contributed by atoms with Crippen molar-refractivity contribution in [2.24, 2.45) is 11.5 Å². The van der Waals surface area contributed by atoms with Gasteiger partial charge in [0, 0.05) is 0 Å². The van der Waals surface area contributed by atoms with Crippen molar-refractivity contribution in [2.45, 2.75) is 104 Å². The van der Waals surface area contributed by atoms with Crippen LogP contribution < -0.4 is 11.5 Å². The van der Waals surface area contributed by atoms with E-state index < -0.39 is 6.03 Å². The van der Waals surface area contributed by atoms with Crippen molar-refractivity contribution >= 4 is 6.03 Å². The topological polar surface area (TPSA) is 69.1 Å². The molecule has 3 nitrogen and oxygen atoms in total. The van der Waals surface area contributed by atoms with Crippen LogP contribution in [0, 0.1) is 0 Å². The number of unbranched alkanes of at least 4 members (excludes halogenated alkanes) is 13. The summed E-state index contributed by atoms with van der Waals surface area (Å²) in [5, 5.41) is 0. The molecule has 4 N–H and O–H groups in total. The molecule has 2 amide bonds. The SMILES string of the molecule is CCCCCCCCCCCCCCCC.NC(N)=O. The third-order valence-electron chi connectivity index (χ3n) is 3.46. The first-order valence-electron chi connectivity index (χ1n) is 8.70. The van der Waals surface area contributed by atoms with Gasteiger partial charge in [0.2, 0.25) is 0 Å². The van der Waals surface area contributed by atoms with Crippen LogP contribution in [-0.2, 0) is 0 Å². The zero-order chi connectivity index (χ0) is 15.5. The van der Waals surface area contributed by atoms with Crippen LogP contribution in [0.5, 0.6) is 0 Å². The molecular weight excluding hydrogens is 248 g/mol. The number of carbonyl (C=O) groups excluding carboxylic acids is 1. The van der Waals surface area contributed by atoms with Gasteiger partial charge in [-0.25, -0.2) is 4.79 Å². The van der Waals surface area contributed by atoms with E-state index in [0.29, 0.717) is 0 Å². The Balaban J connectivity index is 0. The fourth-order valence-electron chi connectivity index (χ4n) is 2.27. The van der Waals surface area contributed by atoms with Crippen LogP contribution in [0.25, 0.3) is 0 Å². The van der Waals surface area contributed by atoms with Crippen LogP contribution in [-0.4, -0.2) is 6.03 Å². The van der Waals surface area contributed by atoms with Gasteiger partial charge in [0.15, 0.2) is 0 Å². The van der Waals surface area contributed by atoms with E-state index in [2.05, 4.69) is 25.3 Å². The molecule has 0 saturated carbocycles. The summed E-state index contributed by atoms with van der Waals surface area (Å²) in [6.07, 6.45) is 20.4. The molecule has 20 heavy (non-hydrogen) atoms. The Labute approximate surface area is 126 Å². The highest BCUT2D eigenvalue weighted by Crippen LogP contribution is 2.12. The summed E-state index contributed by atoms with van der Waals surface area (Å²) >= 11 is 0. The summed E-state index contributed by atoms with van der Waals surface area (Å²) in [5.41, 5.74) is 8.50. The number of amides is 2. The minimum atomic E-state index is -0.833. The smallest absolute Gasteiger partial charge is 0.309 e. The quantitative estimate of drug-likeness (QED) is 0.430. The predicted molar refractivity (Wildman–Crippen MR) is 89.8 cm³/mol. The Kier molecular flexibility index (Phi) is 22.2. The van der Waals surface area contributed by atoms with Crippen molar-refractivity contribution in [3.63, 3.8) is 0 Å². The molecule has 0 radical (unpaired) electrons. The lowest BCUT2D eigenvalue weighted by molar-refractivity contribution is 0.256. The lowest BCUT2D eigenvalue weighted by Crippen LogP contribution is -2.18. The highest BCUT2D eigenvalue weighted by Gasteiger charge is 1.92. The highest BCUT2D eigenvalue weighted by atomic mass is 16.2. The van der Waals surface area contributed by atoms with Crippen molar-refractivity contribution < 1.29 is 4.79 Å². The maximum absolute atomic E-state index is 9.00. The molecule has 0 unspecified atom stereocenters. The molecule has 0 fully saturated rings. The molecule has 0 saturated heterocycles. The van der Waals surface area contributed by atoms with Gasteiger partial charge in [-0.05, 0) is 0 Å². The second-order valence-electron chi connectivity index (χ2n) is 5.65. The molecule has 0 aromatic rings. The summed E-state index contributed by atoms with van der Waals surface area (Å²) in [6.45, 7) is 4.58. The van der Waals surface area contributed by atoms with Gasteiger partial charge in [-0.2, -0.15) is 0 Å². The number of primary amides is 2. The number of hydrogen-bond acceptors (Lipinski definition) is 1. The van der Waals surface area contributed by atoms with E-state index in [-0.39, 0.29) is 0 Å². The van der Waals surface area contributed by atoms with Crippen LogP contribution >= 0.6 is 0 Å². The van der Waals surface area contributed by atoms with Gasteiger partial charge >= 0.3 is 6.03 Å². The zero-order valence-electron chi connectivity index (χ0n) is 14.0. The molecule has 0 heterocycles. The van der Waals surface area contributed by atoms with Crippen LogP contribution in [0.1, 0.15) is 104 Å². The molecule has 0 bridgehead atoms. The second-order valence-corrected chi connectivity index (χ2v) is 5.65. The predicted octanol–water partition coefficient (Wildman–Crippen LogP) is 5.51. The van der Waals surface area contributed by atoms with Gasteiger partial charge in [0.25, 0.3) is 0 Å². The Hall–Kier alpha value is -0.730. The van der Waals surface area contributed by atoms with Crippen molar-refractivity contribution in [1.82, 2.24) is 0 Å². The standard InChI is InChI=1S/C16H34.CH4N2O/c1-3-5-7-9-11-13-15-16-14-12-10-8-6-4-2;2-1(3)4/h3-16H2,1-2H3;(H4,2,3,4). The summed E-state index contributed by atoms with van der Waals surface area (Å²) in [7, 11) is 0. The number of rotatable bonds is 13. The number of carbonyl (C=O) groups is 1. The third kappa shape index (κ3) is 30.4. The highest BCUT2D eigenvalue weighted by molar-refractivity contribution is 5.69. The maximum Gasteiger partial charge on any atom is 0.309 e. The normalized spacial score (nSPS) is 9.90. The molecule has 0 atom stereocenters. The molecule has 122 valence electrons. The summed E-state index contributed by atoms with van der Waals surface area (Å²) in [6, 6.07) is -0.833. The largest absolute Gasteiger partial charge is 0.352 e. The van der Waals surface area contributed by atoms with Gasteiger partial charge in [0.1, 0.15) is 0 Å². The molecule has 0 spiro atoms.